The average Bonchev–Trinajstić information content (AvgIpc) is 4.18. The molecule has 4 bridgehead atoms. The van der Waals surface area contributed by atoms with Crippen LogP contribution < -0.4 is 16.4 Å². The van der Waals surface area contributed by atoms with Crippen LogP contribution in [0.2, 0.25) is 0 Å². The topological polar surface area (TPSA) is 356 Å². The fourth-order valence-corrected chi connectivity index (χ4v) is 7.98. The van der Waals surface area contributed by atoms with Crippen LogP contribution in [0.4, 0.5) is 0 Å². The van der Waals surface area contributed by atoms with Gasteiger partial charge in [0.1, 0.15) is 59.1 Å². The third-order valence-electron chi connectivity index (χ3n) is 11.7. The lowest BCUT2D eigenvalue weighted by Gasteiger charge is -2.42. The molecule has 410 valence electrons. The Kier molecular flexibility index (Phi) is 24.2. The summed E-state index contributed by atoms with van der Waals surface area (Å²) in [5.41, 5.74) is 5.04. The second kappa shape index (κ2) is 30.1. The van der Waals surface area contributed by atoms with Gasteiger partial charge in [0.2, 0.25) is 11.8 Å². The van der Waals surface area contributed by atoms with Crippen molar-refractivity contribution in [3.8, 4) is 0 Å². The van der Waals surface area contributed by atoms with E-state index in [0.29, 0.717) is 90.5 Å². The van der Waals surface area contributed by atoms with E-state index in [4.69, 9.17) is 72.0 Å². The molecule has 4 unspecified atom stereocenters. The predicted molar refractivity (Wildman–Crippen MR) is 240 cm³/mol. The highest BCUT2D eigenvalue weighted by atomic mass is 16.8. The summed E-state index contributed by atoms with van der Waals surface area (Å²) in [7, 11) is 0. The summed E-state index contributed by atoms with van der Waals surface area (Å²) in [6, 6.07) is -2.10. The quantitative estimate of drug-likeness (QED) is 0.0309. The van der Waals surface area contributed by atoms with Gasteiger partial charge in [0.25, 0.3) is 0 Å². The Morgan fingerprint density at radius 2 is 0.944 bits per heavy atom. The molecule has 29 nitrogen and oxygen atoms in total. The first-order chi connectivity index (χ1) is 34.9. The predicted octanol–water partition coefficient (Wildman–Crippen LogP) is -5.23. The molecule has 2 aromatic rings. The number of aromatic nitrogens is 6. The van der Waals surface area contributed by atoms with Crippen LogP contribution >= 0.6 is 0 Å². The van der Waals surface area contributed by atoms with Crippen LogP contribution in [-0.2, 0) is 102 Å². The minimum absolute atomic E-state index is 0.0102. The van der Waals surface area contributed by atoms with E-state index in [9.17, 15) is 30.0 Å². The average molecular weight is 1040 g/mol. The van der Waals surface area contributed by atoms with Crippen LogP contribution in [0.1, 0.15) is 25.2 Å². The molecule has 4 fully saturated rings. The number of carbonyl (C=O) groups is 2. The molecule has 0 aliphatic carbocycles. The number of aliphatic hydroxyl groups excluding tert-OH is 4. The van der Waals surface area contributed by atoms with Gasteiger partial charge in [-0.1, -0.05) is 10.4 Å². The van der Waals surface area contributed by atoms with Crippen molar-refractivity contribution < 1.29 is 96.3 Å². The Balaban J connectivity index is 0.666. The molecule has 72 heavy (non-hydrogen) atoms. The van der Waals surface area contributed by atoms with Gasteiger partial charge < -0.3 is 103 Å². The minimum atomic E-state index is -1.30. The standard InChI is InChI=1S/C43H73N9O20/c1-29(53)45-34-36(55)38(57)42(27-69-40(34)71-42)25-65-17-15-63-13-11-61-9-7-59-5-3-51-19-32(47-49-51)23-67-21-31(44)22-68-24-33-20-52(50-48-33)4-6-60-8-10-62-12-14-64-16-18-66-26-43-28-70-41(72-43)35(46-30(2)54)37(56)39(43)58/h19-20,31,34-41,55-58H,3-18,21-28,44H2,1-2H3,(H,45,53)(H,46,54)/t31?,34-,35?,36-,37?,38-,39?,40+,41+,42+,43+/m1/s1. The largest absolute Gasteiger partial charge is 0.388 e. The molecule has 0 aromatic carbocycles. The van der Waals surface area contributed by atoms with Crippen LogP contribution in [0.15, 0.2) is 12.4 Å². The number of carbonyl (C=O) groups excluding carboxylic acids is 2. The molecule has 6 heterocycles. The molecule has 29 heteroatoms. The Bertz CT molecular complexity index is 1740. The van der Waals surface area contributed by atoms with Crippen LogP contribution in [-0.4, -0.2) is 261 Å². The summed E-state index contributed by atoms with van der Waals surface area (Å²) >= 11 is 0. The molecule has 4 aliphatic rings. The van der Waals surface area contributed by atoms with E-state index < -0.39 is 60.3 Å². The highest BCUT2D eigenvalue weighted by Gasteiger charge is 2.60. The Hall–Kier alpha value is -3.54. The molecule has 0 radical (unpaired) electrons. The van der Waals surface area contributed by atoms with Gasteiger partial charge in [-0.15, -0.1) is 10.2 Å². The van der Waals surface area contributed by atoms with Gasteiger partial charge in [-0.2, -0.15) is 0 Å². The van der Waals surface area contributed by atoms with Gasteiger partial charge in [0.05, 0.1) is 177 Å². The molecular formula is C43H73N9O20. The molecule has 2 aromatic heterocycles. The number of nitrogens with two attached hydrogens (primary N) is 1. The van der Waals surface area contributed by atoms with E-state index in [2.05, 4.69) is 31.3 Å². The molecule has 4 saturated heterocycles. The first-order valence-corrected chi connectivity index (χ1v) is 24.0. The zero-order valence-electron chi connectivity index (χ0n) is 40.9. The van der Waals surface area contributed by atoms with Crippen molar-refractivity contribution >= 4 is 11.8 Å². The van der Waals surface area contributed by atoms with Crippen molar-refractivity contribution in [2.45, 2.75) is 106 Å². The molecule has 0 spiro atoms. The summed E-state index contributed by atoms with van der Waals surface area (Å²) in [5, 5.41) is 63.7. The molecule has 11 atom stereocenters. The van der Waals surface area contributed by atoms with Crippen LogP contribution in [0.25, 0.3) is 0 Å². The number of hydrogen-bond donors (Lipinski definition) is 7. The van der Waals surface area contributed by atoms with E-state index in [1.165, 1.54) is 13.8 Å². The summed E-state index contributed by atoms with van der Waals surface area (Å²) in [6.07, 6.45) is -3.29. The molecule has 0 saturated carbocycles. The first-order valence-electron chi connectivity index (χ1n) is 24.0. The van der Waals surface area contributed by atoms with E-state index in [-0.39, 0.29) is 97.1 Å². The third-order valence-corrected chi connectivity index (χ3v) is 11.7. The number of fused-ring (bicyclic) bond motifs is 4. The maximum Gasteiger partial charge on any atom is 0.217 e. The van der Waals surface area contributed by atoms with E-state index in [1.54, 1.807) is 21.8 Å². The number of rotatable bonds is 38. The lowest BCUT2D eigenvalue weighted by Crippen LogP contribution is -2.66. The van der Waals surface area contributed by atoms with Gasteiger partial charge in [0, 0.05) is 13.8 Å². The number of aliphatic hydroxyl groups is 4. The summed E-state index contributed by atoms with van der Waals surface area (Å²) in [4.78, 5) is 22.8. The van der Waals surface area contributed by atoms with Crippen LogP contribution in [0.5, 0.6) is 0 Å². The van der Waals surface area contributed by atoms with Crippen molar-refractivity contribution in [3.05, 3.63) is 23.8 Å². The fourth-order valence-electron chi connectivity index (χ4n) is 7.98. The van der Waals surface area contributed by atoms with E-state index in [0.717, 1.165) is 0 Å². The molecule has 4 aliphatic heterocycles. The lowest BCUT2D eigenvalue weighted by atomic mass is 9.88. The molecule has 2 amide bonds. The minimum Gasteiger partial charge on any atom is -0.388 e. The van der Waals surface area contributed by atoms with Crippen LogP contribution in [0, 0.1) is 0 Å². The molecule has 8 N–H and O–H groups in total. The first kappa shape index (κ1) is 57.7. The summed E-state index contributed by atoms with van der Waals surface area (Å²) in [6.45, 7) is 9.54. The highest BCUT2D eigenvalue weighted by Crippen LogP contribution is 2.38. The number of nitrogens with one attached hydrogen (secondary N) is 2. The van der Waals surface area contributed by atoms with Crippen molar-refractivity contribution in [2.75, 3.05) is 132 Å². The van der Waals surface area contributed by atoms with E-state index in [1.807, 2.05) is 0 Å². The zero-order valence-corrected chi connectivity index (χ0v) is 40.9. The third kappa shape index (κ3) is 17.8. The van der Waals surface area contributed by atoms with Crippen molar-refractivity contribution in [2.24, 2.45) is 5.73 Å². The van der Waals surface area contributed by atoms with Gasteiger partial charge in [-0.05, 0) is 0 Å². The Labute approximate surface area is 416 Å². The summed E-state index contributed by atoms with van der Waals surface area (Å²) < 4.78 is 82.1. The normalized spacial score (nSPS) is 28.2. The second-order valence-corrected chi connectivity index (χ2v) is 17.6. The SMILES string of the molecule is CC(=O)NC1C(O)C(O)[C@]2(COCCOCCOCCOCCn3cc(COCC(N)COCc4cn(CCOCCOCCOCCOC[C@@]56CO[C@@H](O5)[C@H](NC(C)=O)[C@@H](O)[C@H]6O)nn4)nn3)CO[C@H]1O2. The smallest absolute Gasteiger partial charge is 0.217 e. The van der Waals surface area contributed by atoms with Gasteiger partial charge >= 0.3 is 0 Å². The summed E-state index contributed by atoms with van der Waals surface area (Å²) in [5.74, 6) is -0.734. The van der Waals surface area contributed by atoms with Gasteiger partial charge in [-0.3, -0.25) is 9.59 Å². The number of nitrogens with zero attached hydrogens (tertiary/aromatic N) is 6. The van der Waals surface area contributed by atoms with E-state index >= 15 is 0 Å². The van der Waals surface area contributed by atoms with Crippen LogP contribution in [0.3, 0.4) is 0 Å². The second-order valence-electron chi connectivity index (χ2n) is 17.6. The number of hydrogen-bond acceptors (Lipinski definition) is 25. The van der Waals surface area contributed by atoms with Crippen molar-refractivity contribution in [1.29, 1.82) is 0 Å². The molecule has 6 rings (SSSR count). The lowest BCUT2D eigenvalue weighted by molar-refractivity contribution is -0.238. The maximum atomic E-state index is 11.4. The Morgan fingerprint density at radius 1 is 0.597 bits per heavy atom. The Morgan fingerprint density at radius 3 is 1.31 bits per heavy atom. The number of ether oxygens (including phenoxy) is 14. The fraction of sp³-hybridized carbons (Fsp3) is 0.860. The molecular weight excluding hydrogens is 963 g/mol. The number of amides is 2. The van der Waals surface area contributed by atoms with Gasteiger partial charge in [-0.25, -0.2) is 9.36 Å². The maximum absolute atomic E-state index is 11.4. The monoisotopic (exact) mass is 1040 g/mol. The zero-order chi connectivity index (χ0) is 51.2. The highest BCUT2D eigenvalue weighted by molar-refractivity contribution is 5.73. The van der Waals surface area contributed by atoms with Gasteiger partial charge in [0.15, 0.2) is 12.6 Å². The van der Waals surface area contributed by atoms with Crippen molar-refractivity contribution in [1.82, 2.24) is 40.6 Å². The van der Waals surface area contributed by atoms with Crippen molar-refractivity contribution in [3.63, 3.8) is 0 Å².